The molecule has 170 valence electrons. The molecule has 0 N–H and O–H groups in total. The number of carbonyl (C=O) groups is 1. The van der Waals surface area contributed by atoms with Crippen LogP contribution in [0.15, 0.2) is 66.9 Å². The molecular formula is C24H24N4O5. The molecule has 1 fully saturated rings. The van der Waals surface area contributed by atoms with Crippen LogP contribution in [0.2, 0.25) is 0 Å². The van der Waals surface area contributed by atoms with Gasteiger partial charge in [-0.15, -0.1) is 0 Å². The molecule has 1 aliphatic heterocycles. The topological polar surface area (TPSA) is 98.0 Å². The Morgan fingerprint density at radius 2 is 1.76 bits per heavy atom. The monoisotopic (exact) mass is 448 g/mol. The van der Waals surface area contributed by atoms with E-state index in [2.05, 4.69) is 9.88 Å². The number of piperazine rings is 1. The fourth-order valence-corrected chi connectivity index (χ4v) is 3.73. The Hall–Kier alpha value is -4.14. The van der Waals surface area contributed by atoms with Crippen LogP contribution in [0.25, 0.3) is 0 Å². The largest absolute Gasteiger partial charge is 0.493 e. The second-order valence-corrected chi connectivity index (χ2v) is 7.52. The number of anilines is 1. The highest BCUT2D eigenvalue weighted by atomic mass is 16.6. The van der Waals surface area contributed by atoms with E-state index >= 15 is 0 Å². The quantitative estimate of drug-likeness (QED) is 0.403. The highest BCUT2D eigenvalue weighted by Crippen LogP contribution is 2.36. The third-order valence-corrected chi connectivity index (χ3v) is 5.49. The normalized spacial score (nSPS) is 13.5. The summed E-state index contributed by atoms with van der Waals surface area (Å²) in [5.74, 6) is 0.920. The van der Waals surface area contributed by atoms with Crippen LogP contribution in [0.3, 0.4) is 0 Å². The highest BCUT2D eigenvalue weighted by Gasteiger charge is 2.30. The minimum Gasteiger partial charge on any atom is -0.493 e. The van der Waals surface area contributed by atoms with Crippen molar-refractivity contribution in [3.8, 4) is 11.5 Å². The third-order valence-electron chi connectivity index (χ3n) is 5.49. The Balaban J connectivity index is 1.52. The molecule has 1 amide bonds. The molecule has 1 aliphatic rings. The first kappa shape index (κ1) is 22.1. The van der Waals surface area contributed by atoms with Crippen LogP contribution >= 0.6 is 0 Å². The van der Waals surface area contributed by atoms with Crippen molar-refractivity contribution in [2.45, 2.75) is 6.61 Å². The van der Waals surface area contributed by atoms with Gasteiger partial charge in [0.15, 0.2) is 11.5 Å². The van der Waals surface area contributed by atoms with Gasteiger partial charge in [-0.05, 0) is 17.7 Å². The van der Waals surface area contributed by atoms with Gasteiger partial charge >= 0.3 is 0 Å². The molecule has 1 saturated heterocycles. The molecule has 4 rings (SSSR count). The number of nitro benzene ring substituents is 1. The number of carbonyl (C=O) groups excluding carboxylic acids is 1. The molecule has 9 heteroatoms. The van der Waals surface area contributed by atoms with Crippen molar-refractivity contribution in [1.82, 2.24) is 9.88 Å². The van der Waals surface area contributed by atoms with E-state index in [1.54, 1.807) is 11.1 Å². The van der Waals surface area contributed by atoms with Crippen molar-refractivity contribution in [2.24, 2.45) is 0 Å². The summed E-state index contributed by atoms with van der Waals surface area (Å²) in [6.07, 6.45) is 1.73. The van der Waals surface area contributed by atoms with Crippen molar-refractivity contribution in [3.05, 3.63) is 88.1 Å². The van der Waals surface area contributed by atoms with Crippen LogP contribution in [0.1, 0.15) is 15.9 Å². The molecular weight excluding hydrogens is 424 g/mol. The molecule has 0 atom stereocenters. The van der Waals surface area contributed by atoms with E-state index in [1.165, 1.54) is 19.2 Å². The van der Waals surface area contributed by atoms with E-state index in [4.69, 9.17) is 9.47 Å². The van der Waals surface area contributed by atoms with Crippen molar-refractivity contribution in [3.63, 3.8) is 0 Å². The molecule has 0 saturated carbocycles. The zero-order valence-electron chi connectivity index (χ0n) is 18.2. The maximum absolute atomic E-state index is 13.2. The van der Waals surface area contributed by atoms with Gasteiger partial charge in [0, 0.05) is 38.4 Å². The Kier molecular flexibility index (Phi) is 6.68. The van der Waals surface area contributed by atoms with Gasteiger partial charge in [0.2, 0.25) is 0 Å². The van der Waals surface area contributed by atoms with Crippen LogP contribution in [0.5, 0.6) is 11.5 Å². The zero-order chi connectivity index (χ0) is 23.2. The molecule has 33 heavy (non-hydrogen) atoms. The van der Waals surface area contributed by atoms with Gasteiger partial charge < -0.3 is 19.3 Å². The zero-order valence-corrected chi connectivity index (χ0v) is 18.2. The molecule has 3 aromatic rings. The van der Waals surface area contributed by atoms with Crippen LogP contribution in [-0.4, -0.2) is 54.0 Å². The fourth-order valence-electron chi connectivity index (χ4n) is 3.73. The lowest BCUT2D eigenvalue weighted by molar-refractivity contribution is -0.385. The first-order valence-electron chi connectivity index (χ1n) is 10.5. The Morgan fingerprint density at radius 1 is 1.03 bits per heavy atom. The molecule has 0 spiro atoms. The van der Waals surface area contributed by atoms with Crippen molar-refractivity contribution < 1.29 is 19.2 Å². The van der Waals surface area contributed by atoms with Crippen LogP contribution < -0.4 is 14.4 Å². The lowest BCUT2D eigenvalue weighted by Gasteiger charge is -2.35. The molecule has 1 aromatic heterocycles. The predicted molar refractivity (Wildman–Crippen MR) is 123 cm³/mol. The van der Waals surface area contributed by atoms with E-state index in [-0.39, 0.29) is 29.4 Å². The van der Waals surface area contributed by atoms with Gasteiger partial charge in [0.25, 0.3) is 11.6 Å². The third kappa shape index (κ3) is 5.03. The van der Waals surface area contributed by atoms with Crippen molar-refractivity contribution >= 4 is 17.4 Å². The van der Waals surface area contributed by atoms with E-state index in [0.717, 1.165) is 11.4 Å². The molecule has 0 bridgehead atoms. The lowest BCUT2D eigenvalue weighted by Crippen LogP contribution is -2.49. The highest BCUT2D eigenvalue weighted by molar-refractivity contribution is 5.99. The predicted octanol–water partition coefficient (Wildman–Crippen LogP) is 3.54. The number of pyridine rings is 1. The number of ether oxygens (including phenoxy) is 2. The number of amides is 1. The Bertz CT molecular complexity index is 1120. The lowest BCUT2D eigenvalue weighted by atomic mass is 10.1. The van der Waals surface area contributed by atoms with Gasteiger partial charge in [-0.2, -0.15) is 0 Å². The minimum atomic E-state index is -0.563. The maximum atomic E-state index is 13.2. The number of nitrogens with zero attached hydrogens (tertiary/aromatic N) is 4. The fraction of sp³-hybridized carbons (Fsp3) is 0.250. The number of benzene rings is 2. The molecule has 0 radical (unpaired) electrons. The van der Waals surface area contributed by atoms with Crippen molar-refractivity contribution in [1.29, 1.82) is 0 Å². The number of methoxy groups -OCH3 is 1. The second-order valence-electron chi connectivity index (χ2n) is 7.52. The summed E-state index contributed by atoms with van der Waals surface area (Å²) in [4.78, 5) is 32.5. The molecule has 0 unspecified atom stereocenters. The van der Waals surface area contributed by atoms with Crippen LogP contribution in [0, 0.1) is 10.1 Å². The van der Waals surface area contributed by atoms with Gasteiger partial charge in [-0.25, -0.2) is 4.98 Å². The van der Waals surface area contributed by atoms with E-state index in [1.807, 2.05) is 48.5 Å². The number of nitro groups is 1. The van der Waals surface area contributed by atoms with Crippen molar-refractivity contribution in [2.75, 3.05) is 38.2 Å². The number of rotatable bonds is 7. The first-order chi connectivity index (χ1) is 16.1. The van der Waals surface area contributed by atoms with Crippen LogP contribution in [0.4, 0.5) is 11.5 Å². The SMILES string of the molecule is COc1cc(C(=O)N2CCN(c3ccccn3)CC2)c([N+](=O)[O-])cc1OCc1ccccc1. The summed E-state index contributed by atoms with van der Waals surface area (Å²) in [7, 11) is 1.44. The van der Waals surface area contributed by atoms with Gasteiger partial charge in [-0.3, -0.25) is 14.9 Å². The summed E-state index contributed by atoms with van der Waals surface area (Å²) < 4.78 is 11.2. The maximum Gasteiger partial charge on any atom is 0.286 e. The summed E-state index contributed by atoms with van der Waals surface area (Å²) >= 11 is 0. The molecule has 0 aliphatic carbocycles. The van der Waals surface area contributed by atoms with Crippen LogP contribution in [-0.2, 0) is 6.61 Å². The molecule has 9 nitrogen and oxygen atoms in total. The number of hydrogen-bond acceptors (Lipinski definition) is 7. The number of aromatic nitrogens is 1. The second kappa shape index (κ2) is 9.99. The average molecular weight is 448 g/mol. The smallest absolute Gasteiger partial charge is 0.286 e. The first-order valence-corrected chi connectivity index (χ1v) is 10.5. The Morgan fingerprint density at radius 3 is 2.39 bits per heavy atom. The van der Waals surface area contributed by atoms with E-state index < -0.39 is 10.8 Å². The van der Waals surface area contributed by atoms with Gasteiger partial charge in [-0.1, -0.05) is 36.4 Å². The van der Waals surface area contributed by atoms with E-state index in [9.17, 15) is 14.9 Å². The molecule has 2 heterocycles. The molecule has 2 aromatic carbocycles. The summed E-state index contributed by atoms with van der Waals surface area (Å²) in [6.45, 7) is 2.26. The minimum absolute atomic E-state index is 0.0183. The summed E-state index contributed by atoms with van der Waals surface area (Å²) in [5, 5.41) is 11.8. The van der Waals surface area contributed by atoms with Gasteiger partial charge in [0.1, 0.15) is 18.0 Å². The standard InChI is InChI=1S/C24H24N4O5/c1-32-21-15-19(20(28(30)31)16-22(21)33-17-18-7-3-2-4-8-18)24(29)27-13-11-26(12-14-27)23-9-5-6-10-25-23/h2-10,15-16H,11-14,17H2,1H3. The average Bonchev–Trinajstić information content (AvgIpc) is 2.87. The summed E-state index contributed by atoms with van der Waals surface area (Å²) in [6, 6.07) is 17.8. The summed E-state index contributed by atoms with van der Waals surface area (Å²) in [5.41, 5.74) is 0.583. The number of hydrogen-bond donors (Lipinski definition) is 0. The Labute approximate surface area is 191 Å². The van der Waals surface area contributed by atoms with E-state index in [0.29, 0.717) is 26.2 Å². The van der Waals surface area contributed by atoms with Gasteiger partial charge in [0.05, 0.1) is 18.1 Å².